The van der Waals surface area contributed by atoms with E-state index in [0.717, 1.165) is 25.8 Å². The molecule has 0 saturated carbocycles. The van der Waals surface area contributed by atoms with Crippen molar-refractivity contribution in [2.75, 3.05) is 19.6 Å². The maximum Gasteiger partial charge on any atom is 0.410 e. The fourth-order valence-corrected chi connectivity index (χ4v) is 2.91. The molecule has 20 heavy (non-hydrogen) atoms. The quantitative estimate of drug-likeness (QED) is 0.454. The van der Waals surface area contributed by atoms with Gasteiger partial charge in [-0.15, -0.1) is 0 Å². The molecule has 2 aliphatic rings. The Bertz CT molecular complexity index is 417. The first-order chi connectivity index (χ1) is 9.34. The summed E-state index contributed by atoms with van der Waals surface area (Å²) in [4.78, 5) is 16.6. The van der Waals surface area contributed by atoms with Crippen LogP contribution >= 0.6 is 0 Å². The maximum atomic E-state index is 12.0. The van der Waals surface area contributed by atoms with Crippen LogP contribution in [-0.4, -0.2) is 47.8 Å². The molecular formula is C13H23N5O2. The van der Waals surface area contributed by atoms with Crippen LogP contribution in [0.1, 0.15) is 40.0 Å². The Balaban J connectivity index is 1.87. The SMILES string of the molecule is CC(C)(C)OC(=O)N1CCC2(CC1)CC(N=[N+]=[N-])CN2. The summed E-state index contributed by atoms with van der Waals surface area (Å²) in [5, 5.41) is 7.26. The summed E-state index contributed by atoms with van der Waals surface area (Å²) in [5.41, 5.74) is 8.07. The molecule has 1 atom stereocenters. The summed E-state index contributed by atoms with van der Waals surface area (Å²) in [7, 11) is 0. The molecule has 0 aromatic rings. The van der Waals surface area contributed by atoms with Gasteiger partial charge in [0.25, 0.3) is 0 Å². The van der Waals surface area contributed by atoms with E-state index < -0.39 is 5.60 Å². The average Bonchev–Trinajstić information content (AvgIpc) is 2.71. The zero-order valence-electron chi connectivity index (χ0n) is 12.4. The minimum absolute atomic E-state index is 0.0252. The Kier molecular flexibility index (Phi) is 4.11. The van der Waals surface area contributed by atoms with Gasteiger partial charge in [-0.05, 0) is 45.6 Å². The number of amides is 1. The van der Waals surface area contributed by atoms with Crippen molar-refractivity contribution in [3.05, 3.63) is 10.4 Å². The van der Waals surface area contributed by atoms with Crippen LogP contribution in [0.2, 0.25) is 0 Å². The van der Waals surface area contributed by atoms with Crippen LogP contribution in [0.4, 0.5) is 4.79 Å². The largest absolute Gasteiger partial charge is 0.444 e. The Morgan fingerprint density at radius 2 is 2.10 bits per heavy atom. The zero-order valence-corrected chi connectivity index (χ0v) is 12.4. The second kappa shape index (κ2) is 5.50. The monoisotopic (exact) mass is 281 g/mol. The van der Waals surface area contributed by atoms with Gasteiger partial charge in [0.15, 0.2) is 0 Å². The highest BCUT2D eigenvalue weighted by molar-refractivity contribution is 5.68. The zero-order chi connectivity index (χ0) is 14.8. The summed E-state index contributed by atoms with van der Waals surface area (Å²) in [6.45, 7) is 7.73. The van der Waals surface area contributed by atoms with Gasteiger partial charge < -0.3 is 15.0 Å². The second-order valence-corrected chi connectivity index (χ2v) is 6.69. The molecule has 0 aromatic carbocycles. The van der Waals surface area contributed by atoms with Gasteiger partial charge in [0.1, 0.15) is 5.60 Å². The molecule has 1 unspecified atom stereocenters. The number of piperidine rings is 1. The third kappa shape index (κ3) is 3.55. The van der Waals surface area contributed by atoms with Crippen molar-refractivity contribution in [1.82, 2.24) is 10.2 Å². The highest BCUT2D eigenvalue weighted by atomic mass is 16.6. The minimum atomic E-state index is -0.454. The molecule has 2 fully saturated rings. The number of nitrogens with one attached hydrogen (secondary N) is 1. The predicted octanol–water partition coefficient (Wildman–Crippen LogP) is 2.43. The fourth-order valence-electron chi connectivity index (χ4n) is 2.91. The van der Waals surface area contributed by atoms with Gasteiger partial charge in [0.05, 0.1) is 6.04 Å². The van der Waals surface area contributed by atoms with Crippen LogP contribution in [0.5, 0.6) is 0 Å². The molecule has 0 aliphatic carbocycles. The van der Waals surface area contributed by atoms with Crippen LogP contribution < -0.4 is 5.32 Å². The molecule has 2 rings (SSSR count). The van der Waals surface area contributed by atoms with Crippen molar-refractivity contribution in [3.8, 4) is 0 Å². The molecule has 7 nitrogen and oxygen atoms in total. The van der Waals surface area contributed by atoms with E-state index >= 15 is 0 Å². The van der Waals surface area contributed by atoms with E-state index in [9.17, 15) is 4.79 Å². The van der Waals surface area contributed by atoms with Crippen molar-refractivity contribution in [2.45, 2.75) is 57.2 Å². The Morgan fingerprint density at radius 3 is 2.65 bits per heavy atom. The summed E-state index contributed by atoms with van der Waals surface area (Å²) in [5.74, 6) is 0. The van der Waals surface area contributed by atoms with Gasteiger partial charge >= 0.3 is 6.09 Å². The molecule has 0 aromatic heterocycles. The highest BCUT2D eigenvalue weighted by Crippen LogP contribution is 2.32. The number of carbonyl (C=O) groups is 1. The lowest BCUT2D eigenvalue weighted by atomic mass is 9.85. The van der Waals surface area contributed by atoms with Crippen LogP contribution in [0.15, 0.2) is 5.11 Å². The third-order valence-corrected chi connectivity index (χ3v) is 3.93. The van der Waals surface area contributed by atoms with Gasteiger partial charge in [-0.1, -0.05) is 5.11 Å². The number of azide groups is 1. The number of hydrogen-bond acceptors (Lipinski definition) is 4. The van der Waals surface area contributed by atoms with Crippen molar-refractivity contribution in [3.63, 3.8) is 0 Å². The van der Waals surface area contributed by atoms with Gasteiger partial charge in [0.2, 0.25) is 0 Å². The van der Waals surface area contributed by atoms with E-state index in [4.69, 9.17) is 10.3 Å². The van der Waals surface area contributed by atoms with Crippen LogP contribution in [-0.2, 0) is 4.74 Å². The minimum Gasteiger partial charge on any atom is -0.444 e. The van der Waals surface area contributed by atoms with Gasteiger partial charge in [-0.2, -0.15) is 0 Å². The number of rotatable bonds is 1. The first-order valence-corrected chi connectivity index (χ1v) is 7.11. The third-order valence-electron chi connectivity index (χ3n) is 3.93. The number of ether oxygens (including phenoxy) is 1. The van der Waals surface area contributed by atoms with Crippen molar-refractivity contribution < 1.29 is 9.53 Å². The molecule has 2 aliphatic heterocycles. The lowest BCUT2D eigenvalue weighted by Gasteiger charge is -2.39. The summed E-state index contributed by atoms with van der Waals surface area (Å²) < 4.78 is 5.39. The summed E-state index contributed by atoms with van der Waals surface area (Å²) >= 11 is 0. The molecule has 112 valence electrons. The van der Waals surface area contributed by atoms with Crippen molar-refractivity contribution >= 4 is 6.09 Å². The lowest BCUT2D eigenvalue weighted by Crippen LogP contribution is -2.52. The molecule has 1 amide bonds. The van der Waals surface area contributed by atoms with Gasteiger partial charge in [-0.25, -0.2) is 4.79 Å². The number of carbonyl (C=O) groups excluding carboxylic acids is 1. The number of hydrogen-bond donors (Lipinski definition) is 1. The maximum absolute atomic E-state index is 12.0. The topological polar surface area (TPSA) is 90.3 Å². The lowest BCUT2D eigenvalue weighted by molar-refractivity contribution is 0.0157. The summed E-state index contributed by atoms with van der Waals surface area (Å²) in [6.07, 6.45) is 2.38. The number of likely N-dealkylation sites (tertiary alicyclic amines) is 1. The average molecular weight is 281 g/mol. The molecule has 2 heterocycles. The Morgan fingerprint density at radius 1 is 1.45 bits per heavy atom. The van der Waals surface area contributed by atoms with E-state index in [0.29, 0.717) is 13.1 Å². The molecule has 0 radical (unpaired) electrons. The standard InChI is InChI=1S/C13H23N5O2/c1-12(2,3)20-11(19)18-6-4-13(5-7-18)8-10(9-15-13)16-17-14/h10,15H,4-9H2,1-3H3. The van der Waals surface area contributed by atoms with Gasteiger partial charge in [-0.3, -0.25) is 0 Å². The van der Waals surface area contributed by atoms with Crippen LogP contribution in [0.3, 0.4) is 0 Å². The van der Waals surface area contributed by atoms with Gasteiger partial charge in [0, 0.05) is 30.1 Å². The smallest absolute Gasteiger partial charge is 0.410 e. The molecule has 2 saturated heterocycles. The molecule has 1 N–H and O–H groups in total. The van der Waals surface area contributed by atoms with E-state index in [-0.39, 0.29) is 17.7 Å². The predicted molar refractivity (Wildman–Crippen MR) is 75.3 cm³/mol. The van der Waals surface area contributed by atoms with Crippen molar-refractivity contribution in [2.24, 2.45) is 5.11 Å². The van der Waals surface area contributed by atoms with E-state index in [1.54, 1.807) is 4.90 Å². The first kappa shape index (κ1) is 14.9. The molecule has 7 heteroatoms. The highest BCUT2D eigenvalue weighted by Gasteiger charge is 2.42. The van der Waals surface area contributed by atoms with E-state index in [1.807, 2.05) is 20.8 Å². The Labute approximate surface area is 119 Å². The van der Waals surface area contributed by atoms with E-state index in [1.165, 1.54) is 0 Å². The molecular weight excluding hydrogens is 258 g/mol. The molecule has 1 spiro atoms. The fraction of sp³-hybridized carbons (Fsp3) is 0.923. The summed E-state index contributed by atoms with van der Waals surface area (Å²) in [6, 6.07) is 0.0353. The number of nitrogens with zero attached hydrogens (tertiary/aromatic N) is 4. The van der Waals surface area contributed by atoms with Crippen LogP contribution in [0.25, 0.3) is 10.4 Å². The Hall–Kier alpha value is -1.46. The van der Waals surface area contributed by atoms with Crippen LogP contribution in [0, 0.1) is 0 Å². The molecule has 0 bridgehead atoms. The second-order valence-electron chi connectivity index (χ2n) is 6.69. The van der Waals surface area contributed by atoms with E-state index in [2.05, 4.69) is 15.3 Å². The first-order valence-electron chi connectivity index (χ1n) is 7.11. The van der Waals surface area contributed by atoms with Crippen molar-refractivity contribution in [1.29, 1.82) is 0 Å². The normalized spacial score (nSPS) is 25.4.